The standard InChI is InChI=1S/C14H29NO2/c1-3-4-5-6-7-8-9-10-11-12-14(16)17-13(2)15/h13H,3-12,15H2,1-2H3. The Morgan fingerprint density at radius 1 is 1.00 bits per heavy atom. The molecule has 0 aliphatic carbocycles. The number of carbonyl (C=O) groups excluding carboxylic acids is 1. The number of ether oxygens (including phenoxy) is 1. The summed E-state index contributed by atoms with van der Waals surface area (Å²) >= 11 is 0. The van der Waals surface area contributed by atoms with Crippen molar-refractivity contribution >= 4 is 5.97 Å². The predicted octanol–water partition coefficient (Wildman–Crippen LogP) is 3.76. The van der Waals surface area contributed by atoms with Crippen molar-refractivity contribution in [1.29, 1.82) is 0 Å². The average Bonchev–Trinajstić information content (AvgIpc) is 2.26. The van der Waals surface area contributed by atoms with Gasteiger partial charge in [-0.05, 0) is 13.3 Å². The molecule has 0 saturated heterocycles. The van der Waals surface area contributed by atoms with Gasteiger partial charge < -0.3 is 4.74 Å². The van der Waals surface area contributed by atoms with Gasteiger partial charge in [0.2, 0.25) is 0 Å². The molecule has 3 nitrogen and oxygen atoms in total. The van der Waals surface area contributed by atoms with Crippen molar-refractivity contribution < 1.29 is 9.53 Å². The first-order chi connectivity index (χ1) is 8.16. The lowest BCUT2D eigenvalue weighted by Crippen LogP contribution is -2.23. The van der Waals surface area contributed by atoms with Crippen molar-refractivity contribution in [3.05, 3.63) is 0 Å². The van der Waals surface area contributed by atoms with E-state index in [1.807, 2.05) is 0 Å². The van der Waals surface area contributed by atoms with Crippen LogP contribution in [0.4, 0.5) is 0 Å². The second kappa shape index (κ2) is 11.9. The molecule has 0 aromatic carbocycles. The smallest absolute Gasteiger partial charge is 0.307 e. The lowest BCUT2D eigenvalue weighted by Gasteiger charge is -2.07. The summed E-state index contributed by atoms with van der Waals surface area (Å²) in [5, 5.41) is 0. The molecule has 0 amide bonds. The number of nitrogens with two attached hydrogens (primary N) is 1. The summed E-state index contributed by atoms with van der Waals surface area (Å²) in [6, 6.07) is 0. The molecule has 0 fully saturated rings. The van der Waals surface area contributed by atoms with Gasteiger partial charge in [0.1, 0.15) is 6.23 Å². The summed E-state index contributed by atoms with van der Waals surface area (Å²) in [4.78, 5) is 11.2. The fourth-order valence-corrected chi connectivity index (χ4v) is 1.85. The van der Waals surface area contributed by atoms with E-state index in [2.05, 4.69) is 6.92 Å². The molecule has 0 spiro atoms. The summed E-state index contributed by atoms with van der Waals surface area (Å²) in [5.41, 5.74) is 5.36. The number of unbranched alkanes of at least 4 members (excludes halogenated alkanes) is 8. The summed E-state index contributed by atoms with van der Waals surface area (Å²) in [7, 11) is 0. The van der Waals surface area contributed by atoms with E-state index >= 15 is 0 Å². The minimum absolute atomic E-state index is 0.164. The maximum absolute atomic E-state index is 11.2. The van der Waals surface area contributed by atoms with Crippen LogP contribution in [0, 0.1) is 0 Å². The Kier molecular flexibility index (Phi) is 11.5. The second-order valence-electron chi connectivity index (χ2n) is 4.77. The molecule has 2 N–H and O–H groups in total. The lowest BCUT2D eigenvalue weighted by atomic mass is 10.1. The van der Waals surface area contributed by atoms with E-state index in [-0.39, 0.29) is 5.97 Å². The molecule has 3 heteroatoms. The fourth-order valence-electron chi connectivity index (χ4n) is 1.85. The van der Waals surface area contributed by atoms with Gasteiger partial charge in [0, 0.05) is 6.42 Å². The predicted molar refractivity (Wildman–Crippen MR) is 71.6 cm³/mol. The van der Waals surface area contributed by atoms with Crippen LogP contribution in [0.1, 0.15) is 78.1 Å². The van der Waals surface area contributed by atoms with Gasteiger partial charge in [-0.1, -0.05) is 58.3 Å². The van der Waals surface area contributed by atoms with Gasteiger partial charge >= 0.3 is 5.97 Å². The van der Waals surface area contributed by atoms with Crippen LogP contribution in [0.15, 0.2) is 0 Å². The van der Waals surface area contributed by atoms with Crippen molar-refractivity contribution in [2.75, 3.05) is 0 Å². The molecule has 0 saturated carbocycles. The Bertz CT molecular complexity index is 181. The Labute approximate surface area is 106 Å². The van der Waals surface area contributed by atoms with E-state index in [0.29, 0.717) is 6.42 Å². The number of carbonyl (C=O) groups is 1. The monoisotopic (exact) mass is 243 g/mol. The molecule has 102 valence electrons. The van der Waals surface area contributed by atoms with E-state index in [1.54, 1.807) is 6.92 Å². The van der Waals surface area contributed by atoms with Crippen molar-refractivity contribution in [1.82, 2.24) is 0 Å². The molecular weight excluding hydrogens is 214 g/mol. The average molecular weight is 243 g/mol. The molecule has 0 rings (SSSR count). The Morgan fingerprint density at radius 3 is 1.94 bits per heavy atom. The van der Waals surface area contributed by atoms with Crippen molar-refractivity contribution in [2.24, 2.45) is 5.73 Å². The van der Waals surface area contributed by atoms with Crippen LogP contribution in [0.25, 0.3) is 0 Å². The Balaban J connectivity index is 3.10. The molecule has 0 bridgehead atoms. The van der Waals surface area contributed by atoms with Gasteiger partial charge in [0.25, 0.3) is 0 Å². The molecule has 0 aliphatic heterocycles. The maximum atomic E-state index is 11.2. The summed E-state index contributed by atoms with van der Waals surface area (Å²) in [5.74, 6) is -0.164. The van der Waals surface area contributed by atoms with Crippen molar-refractivity contribution in [3.8, 4) is 0 Å². The topological polar surface area (TPSA) is 52.3 Å². The Morgan fingerprint density at radius 2 is 1.47 bits per heavy atom. The molecular formula is C14H29NO2. The zero-order valence-electron chi connectivity index (χ0n) is 11.5. The Hall–Kier alpha value is -0.570. The zero-order valence-corrected chi connectivity index (χ0v) is 11.5. The quantitative estimate of drug-likeness (QED) is 0.341. The lowest BCUT2D eigenvalue weighted by molar-refractivity contribution is -0.148. The van der Waals surface area contributed by atoms with Crippen LogP contribution in [0.2, 0.25) is 0 Å². The molecule has 0 aromatic heterocycles. The number of hydrogen-bond donors (Lipinski definition) is 1. The number of rotatable bonds is 11. The van der Waals surface area contributed by atoms with Crippen LogP contribution < -0.4 is 5.73 Å². The van der Waals surface area contributed by atoms with Gasteiger partial charge in [0.15, 0.2) is 0 Å². The van der Waals surface area contributed by atoms with E-state index in [4.69, 9.17) is 10.5 Å². The van der Waals surface area contributed by atoms with Gasteiger partial charge in [-0.2, -0.15) is 0 Å². The second-order valence-corrected chi connectivity index (χ2v) is 4.77. The molecule has 0 aliphatic rings. The maximum Gasteiger partial charge on any atom is 0.307 e. The van der Waals surface area contributed by atoms with E-state index < -0.39 is 6.23 Å². The third kappa shape index (κ3) is 13.4. The molecule has 0 heterocycles. The highest BCUT2D eigenvalue weighted by atomic mass is 16.5. The third-order valence-corrected chi connectivity index (χ3v) is 2.80. The summed E-state index contributed by atoms with van der Waals surface area (Å²) < 4.78 is 4.86. The first kappa shape index (κ1) is 16.4. The van der Waals surface area contributed by atoms with E-state index in [1.165, 1.54) is 44.9 Å². The molecule has 17 heavy (non-hydrogen) atoms. The van der Waals surface area contributed by atoms with Crippen LogP contribution in [0.5, 0.6) is 0 Å². The van der Waals surface area contributed by atoms with Crippen LogP contribution >= 0.6 is 0 Å². The highest BCUT2D eigenvalue weighted by Gasteiger charge is 2.04. The fraction of sp³-hybridized carbons (Fsp3) is 0.929. The van der Waals surface area contributed by atoms with Gasteiger partial charge in [-0.3, -0.25) is 10.5 Å². The SMILES string of the molecule is CCCCCCCCCCCC(=O)OC(C)N. The minimum atomic E-state index is -0.471. The van der Waals surface area contributed by atoms with Crippen LogP contribution in [-0.4, -0.2) is 12.2 Å². The normalized spacial score (nSPS) is 12.4. The van der Waals surface area contributed by atoms with E-state index in [0.717, 1.165) is 12.8 Å². The summed E-state index contributed by atoms with van der Waals surface area (Å²) in [6.45, 7) is 3.91. The molecule has 1 unspecified atom stereocenters. The highest BCUT2D eigenvalue weighted by molar-refractivity contribution is 5.69. The first-order valence-electron chi connectivity index (χ1n) is 7.12. The largest absolute Gasteiger partial charge is 0.447 e. The van der Waals surface area contributed by atoms with Crippen LogP contribution in [0.3, 0.4) is 0 Å². The summed E-state index contributed by atoms with van der Waals surface area (Å²) in [6.07, 6.45) is 11.4. The van der Waals surface area contributed by atoms with Crippen LogP contribution in [-0.2, 0) is 9.53 Å². The third-order valence-electron chi connectivity index (χ3n) is 2.80. The highest BCUT2D eigenvalue weighted by Crippen LogP contribution is 2.10. The van der Waals surface area contributed by atoms with Crippen molar-refractivity contribution in [3.63, 3.8) is 0 Å². The minimum Gasteiger partial charge on any atom is -0.447 e. The molecule has 0 aromatic rings. The molecule has 0 radical (unpaired) electrons. The number of esters is 1. The van der Waals surface area contributed by atoms with E-state index in [9.17, 15) is 4.79 Å². The van der Waals surface area contributed by atoms with Crippen molar-refractivity contribution in [2.45, 2.75) is 84.3 Å². The van der Waals surface area contributed by atoms with Gasteiger partial charge in [-0.15, -0.1) is 0 Å². The zero-order chi connectivity index (χ0) is 12.9. The number of hydrogen-bond acceptors (Lipinski definition) is 3. The van der Waals surface area contributed by atoms with Gasteiger partial charge in [-0.25, -0.2) is 0 Å². The first-order valence-corrected chi connectivity index (χ1v) is 7.12. The van der Waals surface area contributed by atoms with Gasteiger partial charge in [0.05, 0.1) is 0 Å². The molecule has 1 atom stereocenters.